The van der Waals surface area contributed by atoms with Crippen LogP contribution >= 0.6 is 0 Å². The highest BCUT2D eigenvalue weighted by Crippen LogP contribution is 2.25. The average Bonchev–Trinajstić information content (AvgIpc) is 2.90. The van der Waals surface area contributed by atoms with Crippen molar-refractivity contribution in [3.63, 3.8) is 0 Å². The van der Waals surface area contributed by atoms with Gasteiger partial charge in [0, 0.05) is 43.7 Å². The molecule has 0 radical (unpaired) electrons. The molecule has 1 aromatic heterocycles. The Morgan fingerprint density at radius 3 is 2.54 bits per heavy atom. The van der Waals surface area contributed by atoms with Crippen molar-refractivity contribution in [1.29, 1.82) is 0 Å². The molecule has 28 heavy (non-hydrogen) atoms. The number of aryl methyl sites for hydroxylation is 2. The first-order valence-corrected chi connectivity index (χ1v) is 10.9. The zero-order chi connectivity index (χ0) is 20.1. The van der Waals surface area contributed by atoms with Crippen molar-refractivity contribution in [2.24, 2.45) is 7.05 Å². The number of nitrogens with zero attached hydrogens (tertiary/aromatic N) is 3. The number of hydrogen-bond acceptors (Lipinski definition) is 4. The highest BCUT2D eigenvalue weighted by atomic mass is 32.2. The maximum atomic E-state index is 13.1. The van der Waals surface area contributed by atoms with Crippen molar-refractivity contribution in [3.8, 4) is 0 Å². The van der Waals surface area contributed by atoms with Crippen molar-refractivity contribution in [1.82, 2.24) is 14.1 Å². The molecule has 0 saturated carbocycles. The van der Waals surface area contributed by atoms with Gasteiger partial charge >= 0.3 is 0 Å². The van der Waals surface area contributed by atoms with Crippen LogP contribution in [0.25, 0.3) is 6.08 Å². The number of hydrogen-bond donors (Lipinski definition) is 1. The van der Waals surface area contributed by atoms with Gasteiger partial charge < -0.3 is 5.32 Å². The van der Waals surface area contributed by atoms with Crippen LogP contribution in [0.5, 0.6) is 0 Å². The van der Waals surface area contributed by atoms with Crippen LogP contribution in [-0.4, -0.2) is 41.5 Å². The van der Waals surface area contributed by atoms with Crippen LogP contribution in [-0.2, 0) is 21.9 Å². The number of nitrogens with one attached hydrogen (secondary N) is 1. The Labute approximate surface area is 166 Å². The molecule has 150 valence electrons. The van der Waals surface area contributed by atoms with E-state index in [0.717, 1.165) is 31.2 Å². The molecular weight excluding hydrogens is 376 g/mol. The molecule has 7 nitrogen and oxygen atoms in total. The summed E-state index contributed by atoms with van der Waals surface area (Å²) in [7, 11) is -1.77. The summed E-state index contributed by atoms with van der Waals surface area (Å²) in [4.78, 5) is 12.5. The monoisotopic (exact) mass is 402 g/mol. The lowest BCUT2D eigenvalue weighted by Crippen LogP contribution is -2.32. The molecule has 1 N–H and O–H groups in total. The first-order chi connectivity index (χ1) is 13.4. The van der Waals surface area contributed by atoms with Gasteiger partial charge in [-0.05, 0) is 43.5 Å². The SMILES string of the molecule is Cc1ccc(NC(=O)/C=C/c2cnn(C)c2)cc1S(=O)(=O)N1CCCCCC1. The van der Waals surface area contributed by atoms with E-state index in [1.165, 1.54) is 6.08 Å². The van der Waals surface area contributed by atoms with Crippen LogP contribution in [0.15, 0.2) is 41.6 Å². The molecule has 2 heterocycles. The van der Waals surface area contributed by atoms with Crippen LogP contribution in [0, 0.1) is 6.92 Å². The van der Waals surface area contributed by atoms with Gasteiger partial charge in [-0.3, -0.25) is 9.48 Å². The van der Waals surface area contributed by atoms with Crippen molar-refractivity contribution < 1.29 is 13.2 Å². The number of anilines is 1. The van der Waals surface area contributed by atoms with Gasteiger partial charge in [-0.2, -0.15) is 9.40 Å². The minimum Gasteiger partial charge on any atom is -0.322 e. The third kappa shape index (κ3) is 4.88. The van der Waals surface area contributed by atoms with Gasteiger partial charge in [0.1, 0.15) is 0 Å². The van der Waals surface area contributed by atoms with E-state index in [4.69, 9.17) is 0 Å². The number of benzene rings is 1. The van der Waals surface area contributed by atoms with Crippen LogP contribution in [0.2, 0.25) is 0 Å². The van der Waals surface area contributed by atoms with Gasteiger partial charge in [-0.25, -0.2) is 8.42 Å². The predicted molar refractivity (Wildman–Crippen MR) is 109 cm³/mol. The van der Waals surface area contributed by atoms with E-state index in [-0.39, 0.29) is 10.8 Å². The second-order valence-corrected chi connectivity index (χ2v) is 8.97. The molecule has 1 amide bonds. The molecule has 0 atom stereocenters. The van der Waals surface area contributed by atoms with Crippen LogP contribution < -0.4 is 5.32 Å². The van der Waals surface area contributed by atoms with Crippen LogP contribution in [0.1, 0.15) is 36.8 Å². The number of rotatable bonds is 5. The third-order valence-electron chi connectivity index (χ3n) is 4.79. The Kier molecular flexibility index (Phi) is 6.31. The summed E-state index contributed by atoms with van der Waals surface area (Å²) < 4.78 is 29.4. The summed E-state index contributed by atoms with van der Waals surface area (Å²) in [5, 5.41) is 6.78. The maximum Gasteiger partial charge on any atom is 0.248 e. The Hall–Kier alpha value is -2.45. The van der Waals surface area contributed by atoms with E-state index in [0.29, 0.717) is 24.3 Å². The first kappa shape index (κ1) is 20.3. The molecule has 2 aromatic rings. The van der Waals surface area contributed by atoms with Gasteiger partial charge in [0.2, 0.25) is 15.9 Å². The third-order valence-corrected chi connectivity index (χ3v) is 6.83. The second-order valence-electron chi connectivity index (χ2n) is 7.07. The summed E-state index contributed by atoms with van der Waals surface area (Å²) in [5.74, 6) is -0.328. The Morgan fingerprint density at radius 2 is 1.89 bits per heavy atom. The van der Waals surface area contributed by atoms with Crippen LogP contribution in [0.3, 0.4) is 0 Å². The summed E-state index contributed by atoms with van der Waals surface area (Å²) >= 11 is 0. The number of aromatic nitrogens is 2. The second kappa shape index (κ2) is 8.70. The Balaban J connectivity index is 1.77. The van der Waals surface area contributed by atoms with E-state index < -0.39 is 10.0 Å². The van der Waals surface area contributed by atoms with E-state index >= 15 is 0 Å². The van der Waals surface area contributed by atoms with Crippen LogP contribution in [0.4, 0.5) is 5.69 Å². The number of carbonyl (C=O) groups excluding carboxylic acids is 1. The predicted octanol–water partition coefficient (Wildman–Crippen LogP) is 2.95. The maximum absolute atomic E-state index is 13.1. The molecule has 1 aliphatic rings. The summed E-state index contributed by atoms with van der Waals surface area (Å²) in [6, 6.07) is 4.99. The molecule has 0 spiro atoms. The number of carbonyl (C=O) groups is 1. The van der Waals surface area contributed by atoms with E-state index in [1.807, 2.05) is 0 Å². The summed E-state index contributed by atoms with van der Waals surface area (Å²) in [5.41, 5.74) is 1.94. The largest absolute Gasteiger partial charge is 0.322 e. The minimum absolute atomic E-state index is 0.253. The fraction of sp³-hybridized carbons (Fsp3) is 0.400. The van der Waals surface area contributed by atoms with E-state index in [9.17, 15) is 13.2 Å². The number of amides is 1. The molecule has 8 heteroatoms. The van der Waals surface area contributed by atoms with Crippen molar-refractivity contribution in [2.75, 3.05) is 18.4 Å². The average molecular weight is 403 g/mol. The number of sulfonamides is 1. The topological polar surface area (TPSA) is 84.3 Å². The highest BCUT2D eigenvalue weighted by molar-refractivity contribution is 7.89. The standard InChI is InChI=1S/C20H26N4O3S/c1-16-7-9-18(22-20(25)10-8-17-14-21-23(2)15-17)13-19(16)28(26,27)24-11-5-3-4-6-12-24/h7-10,13-15H,3-6,11-12H2,1-2H3,(H,22,25)/b10-8+. The molecule has 0 unspecified atom stereocenters. The molecular formula is C20H26N4O3S. The quantitative estimate of drug-likeness (QED) is 0.780. The molecule has 1 aromatic carbocycles. The highest BCUT2D eigenvalue weighted by Gasteiger charge is 2.27. The van der Waals surface area contributed by atoms with Gasteiger partial charge in [-0.15, -0.1) is 0 Å². The van der Waals surface area contributed by atoms with E-state index in [1.54, 1.807) is 59.6 Å². The Bertz CT molecular complexity index is 971. The lowest BCUT2D eigenvalue weighted by molar-refractivity contribution is -0.111. The lowest BCUT2D eigenvalue weighted by atomic mass is 10.2. The van der Waals surface area contributed by atoms with Crippen molar-refractivity contribution >= 4 is 27.7 Å². The molecule has 1 saturated heterocycles. The summed E-state index contributed by atoms with van der Waals surface area (Å²) in [6.07, 6.45) is 10.4. The molecule has 0 bridgehead atoms. The van der Waals surface area contributed by atoms with Gasteiger partial charge in [0.15, 0.2) is 0 Å². The van der Waals surface area contributed by atoms with Crippen molar-refractivity contribution in [3.05, 3.63) is 47.8 Å². The van der Waals surface area contributed by atoms with E-state index in [2.05, 4.69) is 10.4 Å². The molecule has 0 aliphatic carbocycles. The fourth-order valence-corrected chi connectivity index (χ4v) is 5.03. The normalized spacial score (nSPS) is 16.2. The minimum atomic E-state index is -3.57. The zero-order valence-electron chi connectivity index (χ0n) is 16.3. The fourth-order valence-electron chi connectivity index (χ4n) is 3.26. The molecule has 1 fully saturated rings. The summed E-state index contributed by atoms with van der Waals surface area (Å²) in [6.45, 7) is 2.87. The Morgan fingerprint density at radius 1 is 1.18 bits per heavy atom. The van der Waals surface area contributed by atoms with Gasteiger partial charge in [0.05, 0.1) is 11.1 Å². The molecule has 3 rings (SSSR count). The zero-order valence-corrected chi connectivity index (χ0v) is 17.1. The van der Waals surface area contributed by atoms with Crippen molar-refractivity contribution in [2.45, 2.75) is 37.5 Å². The molecule has 1 aliphatic heterocycles. The lowest BCUT2D eigenvalue weighted by Gasteiger charge is -2.21. The smallest absolute Gasteiger partial charge is 0.248 e. The first-order valence-electron chi connectivity index (χ1n) is 9.45. The van der Waals surface area contributed by atoms with Gasteiger partial charge in [-0.1, -0.05) is 18.9 Å². The van der Waals surface area contributed by atoms with Gasteiger partial charge in [0.25, 0.3) is 0 Å².